The van der Waals surface area contributed by atoms with Crippen LogP contribution in [-0.4, -0.2) is 28.6 Å². The smallest absolute Gasteiger partial charge is 0.331 e. The normalized spacial score (nSPS) is 18.9. The van der Waals surface area contributed by atoms with Crippen LogP contribution in [0.1, 0.15) is 55.6 Å². The first-order valence-electron chi connectivity index (χ1n) is 8.33. The fraction of sp³-hybridized carbons (Fsp3) is 0.556. The first kappa shape index (κ1) is 15.8. The monoisotopic (exact) mass is 316 g/mol. The zero-order valence-electron chi connectivity index (χ0n) is 14.0. The van der Waals surface area contributed by atoms with E-state index >= 15 is 0 Å². The summed E-state index contributed by atoms with van der Waals surface area (Å²) in [6.45, 7) is 5.76. The zero-order chi connectivity index (χ0) is 16.6. The highest BCUT2D eigenvalue weighted by Crippen LogP contribution is 2.38. The first-order chi connectivity index (χ1) is 11.0. The van der Waals surface area contributed by atoms with E-state index < -0.39 is 12.1 Å². The average molecular weight is 316 g/mol. The molecule has 0 spiro atoms. The van der Waals surface area contributed by atoms with Gasteiger partial charge in [-0.3, -0.25) is 4.79 Å². The van der Waals surface area contributed by atoms with Crippen molar-refractivity contribution in [3.8, 4) is 0 Å². The first-order valence-corrected chi connectivity index (χ1v) is 8.33. The summed E-state index contributed by atoms with van der Waals surface area (Å²) >= 11 is 0. The Labute approximate surface area is 136 Å². The molecule has 1 aromatic rings. The van der Waals surface area contributed by atoms with Gasteiger partial charge in [0.05, 0.1) is 0 Å². The van der Waals surface area contributed by atoms with Crippen molar-refractivity contribution in [2.45, 2.75) is 64.6 Å². The summed E-state index contributed by atoms with van der Waals surface area (Å²) < 4.78 is 7.48. The lowest BCUT2D eigenvalue weighted by Crippen LogP contribution is -2.36. The van der Waals surface area contributed by atoms with E-state index in [4.69, 9.17) is 4.74 Å². The number of carbonyl (C=O) groups excluding carboxylic acids is 2. The Hall–Kier alpha value is -2.04. The molecule has 5 heteroatoms. The molecule has 3 rings (SSSR count). The molecule has 0 radical (unpaired) electrons. The van der Waals surface area contributed by atoms with Gasteiger partial charge in [0.15, 0.2) is 6.10 Å². The number of nitrogens with zero attached hydrogens (tertiary/aromatic N) is 1. The molecule has 2 saturated carbocycles. The zero-order valence-corrected chi connectivity index (χ0v) is 14.0. The molecule has 5 nitrogen and oxygen atoms in total. The lowest BCUT2D eigenvalue weighted by atomic mass is 10.2. The molecule has 0 aliphatic heterocycles. The number of hydrogen-bond acceptors (Lipinski definition) is 3. The molecule has 1 aromatic heterocycles. The van der Waals surface area contributed by atoms with E-state index in [-0.39, 0.29) is 11.9 Å². The van der Waals surface area contributed by atoms with Crippen molar-refractivity contribution in [2.24, 2.45) is 0 Å². The van der Waals surface area contributed by atoms with Gasteiger partial charge >= 0.3 is 5.97 Å². The molecule has 1 atom stereocenters. The van der Waals surface area contributed by atoms with Gasteiger partial charge < -0.3 is 14.6 Å². The molecule has 0 saturated heterocycles. The summed E-state index contributed by atoms with van der Waals surface area (Å²) in [7, 11) is 0. The lowest BCUT2D eigenvalue weighted by molar-refractivity contribution is -0.150. The van der Waals surface area contributed by atoms with Crippen molar-refractivity contribution < 1.29 is 14.3 Å². The van der Waals surface area contributed by atoms with Gasteiger partial charge in [-0.05, 0) is 64.2 Å². The number of rotatable bonds is 6. The number of carbonyl (C=O) groups is 2. The highest BCUT2D eigenvalue weighted by Gasteiger charge is 2.27. The van der Waals surface area contributed by atoms with Crippen molar-refractivity contribution in [3.63, 3.8) is 0 Å². The predicted octanol–water partition coefficient (Wildman–Crippen LogP) is 2.66. The third-order valence-corrected chi connectivity index (χ3v) is 4.42. The van der Waals surface area contributed by atoms with E-state index in [1.165, 1.54) is 30.3 Å². The number of esters is 1. The summed E-state index contributed by atoms with van der Waals surface area (Å²) in [6, 6.07) is 2.97. The van der Waals surface area contributed by atoms with E-state index in [9.17, 15) is 9.59 Å². The number of aromatic nitrogens is 1. The number of amides is 1. The van der Waals surface area contributed by atoms with Crippen molar-refractivity contribution in [1.29, 1.82) is 0 Å². The summed E-state index contributed by atoms with van der Waals surface area (Å²) in [5, 5.41) is 2.83. The van der Waals surface area contributed by atoms with Crippen LogP contribution in [0, 0.1) is 13.8 Å². The van der Waals surface area contributed by atoms with Gasteiger partial charge in [-0.15, -0.1) is 0 Å². The molecule has 2 aliphatic carbocycles. The highest BCUT2D eigenvalue weighted by atomic mass is 16.5. The molecule has 2 aliphatic rings. The lowest BCUT2D eigenvalue weighted by Gasteiger charge is -2.11. The van der Waals surface area contributed by atoms with E-state index in [1.807, 2.05) is 0 Å². The molecule has 2 fully saturated rings. The van der Waals surface area contributed by atoms with Crippen LogP contribution in [0.5, 0.6) is 0 Å². The van der Waals surface area contributed by atoms with Crippen LogP contribution in [0.3, 0.4) is 0 Å². The van der Waals surface area contributed by atoms with Gasteiger partial charge in [0.1, 0.15) is 0 Å². The van der Waals surface area contributed by atoms with Gasteiger partial charge in [0.25, 0.3) is 5.91 Å². The quantitative estimate of drug-likeness (QED) is 0.648. The molecule has 23 heavy (non-hydrogen) atoms. The summed E-state index contributed by atoms with van der Waals surface area (Å²) in [5.74, 6) is -0.708. The Morgan fingerprint density at radius 3 is 2.61 bits per heavy atom. The Kier molecular flexibility index (Phi) is 4.28. The van der Waals surface area contributed by atoms with Crippen LogP contribution in [0.15, 0.2) is 12.1 Å². The second-order valence-corrected chi connectivity index (χ2v) is 6.62. The third-order valence-electron chi connectivity index (χ3n) is 4.42. The van der Waals surface area contributed by atoms with Gasteiger partial charge in [0, 0.05) is 29.5 Å². The van der Waals surface area contributed by atoms with E-state index in [0.717, 1.165) is 18.4 Å². The van der Waals surface area contributed by atoms with Crippen LogP contribution < -0.4 is 5.32 Å². The number of ether oxygens (including phenoxy) is 1. The standard InChI is InChI=1S/C18H24N2O3/c1-11-10-14(12(2)20(11)16-7-8-16)4-9-17(21)23-13(3)18(22)19-15-5-6-15/h4,9-10,13,15-16H,5-8H2,1-3H3,(H,19,22)/b9-4+/t13-/m0/s1. The Morgan fingerprint density at radius 2 is 2.00 bits per heavy atom. The van der Waals surface area contributed by atoms with Crippen molar-refractivity contribution in [1.82, 2.24) is 9.88 Å². The third kappa shape index (κ3) is 3.84. The van der Waals surface area contributed by atoms with Gasteiger partial charge in [-0.25, -0.2) is 4.79 Å². The summed E-state index contributed by atoms with van der Waals surface area (Å²) in [6.07, 6.45) is 6.91. The van der Waals surface area contributed by atoms with Crippen LogP contribution in [0.2, 0.25) is 0 Å². The molecule has 1 N–H and O–H groups in total. The maximum Gasteiger partial charge on any atom is 0.331 e. The molecule has 1 amide bonds. The van der Waals surface area contributed by atoms with E-state index in [1.54, 1.807) is 13.0 Å². The van der Waals surface area contributed by atoms with Gasteiger partial charge in [0.2, 0.25) is 0 Å². The van der Waals surface area contributed by atoms with Crippen LogP contribution in [0.25, 0.3) is 6.08 Å². The minimum atomic E-state index is -0.758. The molecule has 1 heterocycles. The van der Waals surface area contributed by atoms with Crippen LogP contribution in [-0.2, 0) is 14.3 Å². The summed E-state index contributed by atoms with van der Waals surface area (Å²) in [4.78, 5) is 23.7. The molecular formula is C18H24N2O3. The molecular weight excluding hydrogens is 292 g/mol. The minimum absolute atomic E-state index is 0.221. The SMILES string of the molecule is Cc1cc(/C=C/C(=O)O[C@@H](C)C(=O)NC2CC2)c(C)n1C1CC1. The Morgan fingerprint density at radius 1 is 1.30 bits per heavy atom. The Bertz CT molecular complexity index is 651. The molecule has 124 valence electrons. The van der Waals surface area contributed by atoms with Crippen molar-refractivity contribution in [3.05, 3.63) is 29.1 Å². The number of nitrogens with one attached hydrogen (secondary N) is 1. The van der Waals surface area contributed by atoms with Crippen LogP contribution >= 0.6 is 0 Å². The average Bonchev–Trinajstić information content (AvgIpc) is 3.39. The predicted molar refractivity (Wildman–Crippen MR) is 87.9 cm³/mol. The van der Waals surface area contributed by atoms with Crippen molar-refractivity contribution >= 4 is 18.0 Å². The largest absolute Gasteiger partial charge is 0.449 e. The minimum Gasteiger partial charge on any atom is -0.449 e. The maximum absolute atomic E-state index is 11.9. The van der Waals surface area contributed by atoms with Gasteiger partial charge in [-0.2, -0.15) is 0 Å². The second kappa shape index (κ2) is 6.22. The van der Waals surface area contributed by atoms with Crippen LogP contribution in [0.4, 0.5) is 0 Å². The fourth-order valence-corrected chi connectivity index (χ4v) is 2.84. The molecule has 0 unspecified atom stereocenters. The van der Waals surface area contributed by atoms with E-state index in [0.29, 0.717) is 6.04 Å². The second-order valence-electron chi connectivity index (χ2n) is 6.62. The molecule has 0 bridgehead atoms. The summed E-state index contributed by atoms with van der Waals surface area (Å²) in [5.41, 5.74) is 3.42. The van der Waals surface area contributed by atoms with E-state index in [2.05, 4.69) is 29.8 Å². The fourth-order valence-electron chi connectivity index (χ4n) is 2.84. The van der Waals surface area contributed by atoms with Gasteiger partial charge in [-0.1, -0.05) is 0 Å². The number of hydrogen-bond donors (Lipinski definition) is 1. The number of aryl methyl sites for hydroxylation is 1. The molecule has 0 aromatic carbocycles. The highest BCUT2D eigenvalue weighted by molar-refractivity contribution is 5.90. The Balaban J connectivity index is 1.57. The topological polar surface area (TPSA) is 60.3 Å². The van der Waals surface area contributed by atoms with Crippen molar-refractivity contribution in [2.75, 3.05) is 0 Å². The maximum atomic E-state index is 11.9.